The molecule has 3 rings (SSSR count). The third-order valence-electron chi connectivity index (χ3n) is 4.52. The van der Waals surface area contributed by atoms with E-state index >= 15 is 0 Å². The standard InChI is InChI=1S/C18H19ClFNO2/c19-16-4-2-1-3-13(16)9-21-10-15(18(23)17(21)11-22)12-5-7-14(20)8-6-12/h1-8,15,17-18,22-23H,9-11H2/t15-,17-,18-/m1/s1. The molecule has 3 nitrogen and oxygen atoms in total. The first kappa shape index (κ1) is 16.4. The van der Waals surface area contributed by atoms with Crippen molar-refractivity contribution in [3.63, 3.8) is 0 Å². The molecular weight excluding hydrogens is 317 g/mol. The highest BCUT2D eigenvalue weighted by Crippen LogP contribution is 2.34. The van der Waals surface area contributed by atoms with Crippen molar-refractivity contribution in [3.8, 4) is 0 Å². The summed E-state index contributed by atoms with van der Waals surface area (Å²) in [5.41, 5.74) is 1.83. The van der Waals surface area contributed by atoms with Crippen LogP contribution in [0.3, 0.4) is 0 Å². The van der Waals surface area contributed by atoms with Gasteiger partial charge in [0.1, 0.15) is 5.82 Å². The van der Waals surface area contributed by atoms with E-state index in [1.54, 1.807) is 12.1 Å². The molecule has 1 aliphatic rings. The zero-order valence-corrected chi connectivity index (χ0v) is 13.3. The topological polar surface area (TPSA) is 43.7 Å². The summed E-state index contributed by atoms with van der Waals surface area (Å²) in [6, 6.07) is 13.4. The Kier molecular flexibility index (Phi) is 4.97. The summed E-state index contributed by atoms with van der Waals surface area (Å²) < 4.78 is 13.1. The van der Waals surface area contributed by atoms with Gasteiger partial charge in [-0.2, -0.15) is 0 Å². The highest BCUT2D eigenvalue weighted by atomic mass is 35.5. The molecule has 0 amide bonds. The normalized spacial score (nSPS) is 25.0. The van der Waals surface area contributed by atoms with E-state index in [4.69, 9.17) is 11.6 Å². The van der Waals surface area contributed by atoms with Crippen molar-refractivity contribution >= 4 is 11.6 Å². The van der Waals surface area contributed by atoms with Crippen molar-refractivity contribution in [2.45, 2.75) is 24.6 Å². The number of rotatable bonds is 4. The smallest absolute Gasteiger partial charge is 0.123 e. The van der Waals surface area contributed by atoms with Gasteiger partial charge in [0, 0.05) is 24.0 Å². The van der Waals surface area contributed by atoms with E-state index < -0.39 is 6.10 Å². The zero-order valence-electron chi connectivity index (χ0n) is 12.6. The number of halogens is 2. The third kappa shape index (κ3) is 3.40. The molecule has 0 radical (unpaired) electrons. The van der Waals surface area contributed by atoms with Crippen LogP contribution in [-0.2, 0) is 6.54 Å². The van der Waals surface area contributed by atoms with Gasteiger partial charge in [0.05, 0.1) is 18.8 Å². The second kappa shape index (κ2) is 6.97. The van der Waals surface area contributed by atoms with Crippen molar-refractivity contribution < 1.29 is 14.6 Å². The third-order valence-corrected chi connectivity index (χ3v) is 4.89. The number of hydrogen-bond acceptors (Lipinski definition) is 3. The monoisotopic (exact) mass is 335 g/mol. The summed E-state index contributed by atoms with van der Waals surface area (Å²) in [5.74, 6) is -0.455. The van der Waals surface area contributed by atoms with Crippen LogP contribution in [0.25, 0.3) is 0 Å². The van der Waals surface area contributed by atoms with Gasteiger partial charge in [-0.05, 0) is 29.3 Å². The lowest BCUT2D eigenvalue weighted by Crippen LogP contribution is -2.38. The van der Waals surface area contributed by atoms with Gasteiger partial charge in [0.2, 0.25) is 0 Å². The molecule has 3 atom stereocenters. The molecule has 5 heteroatoms. The molecule has 122 valence electrons. The Morgan fingerprint density at radius 2 is 1.83 bits per heavy atom. The molecule has 1 fully saturated rings. The quantitative estimate of drug-likeness (QED) is 0.903. The van der Waals surface area contributed by atoms with Crippen LogP contribution < -0.4 is 0 Å². The van der Waals surface area contributed by atoms with Crippen LogP contribution in [0.15, 0.2) is 48.5 Å². The van der Waals surface area contributed by atoms with E-state index in [-0.39, 0.29) is 24.4 Å². The highest BCUT2D eigenvalue weighted by Gasteiger charge is 2.41. The molecular formula is C18H19ClFNO2. The molecule has 0 aromatic heterocycles. The van der Waals surface area contributed by atoms with Gasteiger partial charge in [-0.3, -0.25) is 4.90 Å². The summed E-state index contributed by atoms with van der Waals surface area (Å²) in [5, 5.41) is 20.9. The van der Waals surface area contributed by atoms with Crippen LogP contribution in [0.2, 0.25) is 5.02 Å². The Bertz CT molecular complexity index is 664. The predicted octanol–water partition coefficient (Wildman–Crippen LogP) is 2.80. The SMILES string of the molecule is OC[C@@H]1[C@H](O)[C@@H](c2ccc(F)cc2)CN1Cc1ccccc1Cl. The fourth-order valence-corrected chi connectivity index (χ4v) is 3.44. The Balaban J connectivity index is 1.81. The van der Waals surface area contributed by atoms with Gasteiger partial charge in [-0.15, -0.1) is 0 Å². The molecule has 0 aliphatic carbocycles. The Hall–Kier alpha value is -1.46. The molecule has 0 spiro atoms. The van der Waals surface area contributed by atoms with Crippen molar-refractivity contribution in [2.75, 3.05) is 13.2 Å². The van der Waals surface area contributed by atoms with E-state index in [1.807, 2.05) is 29.2 Å². The van der Waals surface area contributed by atoms with Gasteiger partial charge in [-0.1, -0.05) is 41.9 Å². The molecule has 1 saturated heterocycles. The molecule has 23 heavy (non-hydrogen) atoms. The van der Waals surface area contributed by atoms with Crippen LogP contribution >= 0.6 is 11.6 Å². The highest BCUT2D eigenvalue weighted by molar-refractivity contribution is 6.31. The predicted molar refractivity (Wildman–Crippen MR) is 87.9 cm³/mol. The summed E-state index contributed by atoms with van der Waals surface area (Å²) in [6.07, 6.45) is -0.701. The first-order chi connectivity index (χ1) is 11.1. The number of aliphatic hydroxyl groups is 2. The number of likely N-dealkylation sites (tertiary alicyclic amines) is 1. The molecule has 1 aliphatic heterocycles. The van der Waals surface area contributed by atoms with E-state index in [9.17, 15) is 14.6 Å². The molecule has 2 aromatic carbocycles. The summed E-state index contributed by atoms with van der Waals surface area (Å²) in [6.45, 7) is 1.01. The van der Waals surface area contributed by atoms with Crippen LogP contribution in [0, 0.1) is 5.82 Å². The second-order valence-electron chi connectivity index (χ2n) is 5.92. The first-order valence-corrected chi connectivity index (χ1v) is 8.00. The molecule has 0 saturated carbocycles. The van der Waals surface area contributed by atoms with Crippen LogP contribution in [-0.4, -0.2) is 40.4 Å². The Labute approximate surface area is 139 Å². The average Bonchev–Trinajstić information content (AvgIpc) is 2.86. The first-order valence-electron chi connectivity index (χ1n) is 7.62. The van der Waals surface area contributed by atoms with Gasteiger partial charge < -0.3 is 10.2 Å². The lowest BCUT2D eigenvalue weighted by molar-refractivity contribution is 0.0641. The van der Waals surface area contributed by atoms with Gasteiger partial charge in [0.25, 0.3) is 0 Å². The number of nitrogens with zero attached hydrogens (tertiary/aromatic N) is 1. The fourth-order valence-electron chi connectivity index (χ4n) is 3.24. The minimum atomic E-state index is -0.701. The zero-order chi connectivity index (χ0) is 16.4. The maximum absolute atomic E-state index is 13.1. The maximum atomic E-state index is 13.1. The number of aliphatic hydroxyl groups excluding tert-OH is 2. The fraction of sp³-hybridized carbons (Fsp3) is 0.333. The maximum Gasteiger partial charge on any atom is 0.123 e. The second-order valence-corrected chi connectivity index (χ2v) is 6.33. The Morgan fingerprint density at radius 1 is 1.13 bits per heavy atom. The molecule has 2 aromatic rings. The lowest BCUT2D eigenvalue weighted by atomic mass is 9.94. The van der Waals surface area contributed by atoms with Crippen molar-refractivity contribution in [3.05, 3.63) is 70.5 Å². The van der Waals surface area contributed by atoms with Crippen molar-refractivity contribution in [1.82, 2.24) is 4.90 Å². The number of benzene rings is 2. The minimum absolute atomic E-state index is 0.136. The van der Waals surface area contributed by atoms with Gasteiger partial charge in [-0.25, -0.2) is 4.39 Å². The van der Waals surface area contributed by atoms with Crippen LogP contribution in [0.5, 0.6) is 0 Å². The van der Waals surface area contributed by atoms with Crippen LogP contribution in [0.1, 0.15) is 17.0 Å². The van der Waals surface area contributed by atoms with E-state index in [2.05, 4.69) is 0 Å². The largest absolute Gasteiger partial charge is 0.395 e. The number of hydrogen-bond donors (Lipinski definition) is 2. The molecule has 1 heterocycles. The van der Waals surface area contributed by atoms with Gasteiger partial charge in [0.15, 0.2) is 0 Å². The minimum Gasteiger partial charge on any atom is -0.395 e. The molecule has 0 bridgehead atoms. The van der Waals surface area contributed by atoms with E-state index in [1.165, 1.54) is 12.1 Å². The van der Waals surface area contributed by atoms with E-state index in [0.29, 0.717) is 18.1 Å². The van der Waals surface area contributed by atoms with Crippen molar-refractivity contribution in [1.29, 1.82) is 0 Å². The summed E-state index contributed by atoms with van der Waals surface area (Å²) >= 11 is 6.21. The summed E-state index contributed by atoms with van der Waals surface area (Å²) in [4.78, 5) is 2.03. The molecule has 0 unspecified atom stereocenters. The summed E-state index contributed by atoms with van der Waals surface area (Å²) in [7, 11) is 0. The average molecular weight is 336 g/mol. The lowest BCUT2D eigenvalue weighted by Gasteiger charge is -2.24. The Morgan fingerprint density at radius 3 is 2.48 bits per heavy atom. The molecule has 2 N–H and O–H groups in total. The van der Waals surface area contributed by atoms with E-state index in [0.717, 1.165) is 11.1 Å². The van der Waals surface area contributed by atoms with Crippen LogP contribution in [0.4, 0.5) is 4.39 Å². The van der Waals surface area contributed by atoms with Gasteiger partial charge >= 0.3 is 0 Å². The van der Waals surface area contributed by atoms with Crippen molar-refractivity contribution in [2.24, 2.45) is 0 Å².